The van der Waals surface area contributed by atoms with Gasteiger partial charge in [0.25, 0.3) is 0 Å². The summed E-state index contributed by atoms with van der Waals surface area (Å²) >= 11 is 0. The minimum atomic E-state index is -0.210. The van der Waals surface area contributed by atoms with Crippen molar-refractivity contribution < 1.29 is 19.0 Å². The van der Waals surface area contributed by atoms with Gasteiger partial charge in [0.1, 0.15) is 0 Å². The molecule has 0 fully saturated rings. The molecule has 1 aliphatic rings. The third-order valence-electron chi connectivity index (χ3n) is 4.04. The largest absolute Gasteiger partial charge is 0.454 e. The number of nitrogens with one attached hydrogen (secondary N) is 2. The SMILES string of the molecule is COC(CNC(=O)NCCc1ccc2c(c1)OCO2)c1ccccc1. The van der Waals surface area contributed by atoms with Crippen molar-refractivity contribution in [3.63, 3.8) is 0 Å². The van der Waals surface area contributed by atoms with Gasteiger partial charge in [0, 0.05) is 20.2 Å². The second-order valence-corrected chi connectivity index (χ2v) is 5.71. The fourth-order valence-electron chi connectivity index (χ4n) is 2.67. The van der Waals surface area contributed by atoms with Crippen molar-refractivity contribution in [2.24, 2.45) is 0 Å². The molecule has 3 rings (SSSR count). The summed E-state index contributed by atoms with van der Waals surface area (Å²) in [6.07, 6.45) is 0.553. The lowest BCUT2D eigenvalue weighted by atomic mass is 10.1. The number of fused-ring (bicyclic) bond motifs is 1. The van der Waals surface area contributed by atoms with Crippen LogP contribution in [0.5, 0.6) is 11.5 Å². The average Bonchev–Trinajstić information content (AvgIpc) is 3.11. The van der Waals surface area contributed by atoms with Crippen LogP contribution in [0.2, 0.25) is 0 Å². The van der Waals surface area contributed by atoms with Crippen LogP contribution in [0.15, 0.2) is 48.5 Å². The second-order valence-electron chi connectivity index (χ2n) is 5.71. The van der Waals surface area contributed by atoms with E-state index >= 15 is 0 Å². The molecule has 2 aromatic carbocycles. The zero-order valence-corrected chi connectivity index (χ0v) is 14.2. The van der Waals surface area contributed by atoms with Crippen LogP contribution < -0.4 is 20.1 Å². The maximum absolute atomic E-state index is 11.9. The Bertz CT molecular complexity index is 706. The van der Waals surface area contributed by atoms with Crippen molar-refractivity contribution in [1.82, 2.24) is 10.6 Å². The second kappa shape index (κ2) is 8.39. The van der Waals surface area contributed by atoms with Gasteiger partial charge in [0.05, 0.1) is 6.10 Å². The Morgan fingerprint density at radius 2 is 1.92 bits per heavy atom. The van der Waals surface area contributed by atoms with Crippen molar-refractivity contribution in [3.05, 3.63) is 59.7 Å². The average molecular weight is 342 g/mol. The first-order valence-corrected chi connectivity index (χ1v) is 8.24. The predicted molar refractivity (Wildman–Crippen MR) is 93.9 cm³/mol. The predicted octanol–water partition coefficient (Wildman–Crippen LogP) is 2.64. The van der Waals surface area contributed by atoms with E-state index in [9.17, 15) is 4.79 Å². The molecule has 1 aliphatic heterocycles. The first kappa shape index (κ1) is 17.1. The van der Waals surface area contributed by atoms with Gasteiger partial charge in [-0.3, -0.25) is 0 Å². The molecule has 6 nitrogen and oxygen atoms in total. The maximum Gasteiger partial charge on any atom is 0.314 e. The molecule has 2 amide bonds. The van der Waals surface area contributed by atoms with Gasteiger partial charge in [-0.05, 0) is 29.7 Å². The normalized spacial score (nSPS) is 13.3. The number of hydrogen-bond donors (Lipinski definition) is 2. The number of carbonyl (C=O) groups is 1. The first-order valence-electron chi connectivity index (χ1n) is 8.24. The highest BCUT2D eigenvalue weighted by molar-refractivity contribution is 5.73. The lowest BCUT2D eigenvalue weighted by molar-refractivity contribution is 0.104. The molecule has 25 heavy (non-hydrogen) atoms. The van der Waals surface area contributed by atoms with Crippen LogP contribution in [0.1, 0.15) is 17.2 Å². The molecule has 0 saturated heterocycles. The van der Waals surface area contributed by atoms with Gasteiger partial charge < -0.3 is 24.8 Å². The topological polar surface area (TPSA) is 68.8 Å². The Labute approximate surface area is 147 Å². The molecule has 1 atom stereocenters. The number of hydrogen-bond acceptors (Lipinski definition) is 4. The van der Waals surface area contributed by atoms with Crippen molar-refractivity contribution >= 4 is 6.03 Å². The third-order valence-corrected chi connectivity index (χ3v) is 4.04. The standard InChI is InChI=1S/C19H22N2O4/c1-23-18(15-5-3-2-4-6-15)12-21-19(22)20-10-9-14-7-8-16-17(11-14)25-13-24-16/h2-8,11,18H,9-10,12-13H2,1H3,(H2,20,21,22). The smallest absolute Gasteiger partial charge is 0.314 e. The number of benzene rings is 2. The monoisotopic (exact) mass is 342 g/mol. The molecule has 0 aliphatic carbocycles. The van der Waals surface area contributed by atoms with E-state index in [1.807, 2.05) is 48.5 Å². The molecule has 1 heterocycles. The summed E-state index contributed by atoms with van der Waals surface area (Å²) in [6.45, 7) is 1.21. The minimum Gasteiger partial charge on any atom is -0.454 e. The van der Waals surface area contributed by atoms with Crippen LogP contribution >= 0.6 is 0 Å². The first-order chi connectivity index (χ1) is 12.3. The maximum atomic E-state index is 11.9. The highest BCUT2D eigenvalue weighted by atomic mass is 16.7. The van der Waals surface area contributed by atoms with E-state index in [1.165, 1.54) is 0 Å². The number of carbonyl (C=O) groups excluding carboxylic acids is 1. The van der Waals surface area contributed by atoms with Gasteiger partial charge in [-0.15, -0.1) is 0 Å². The fraction of sp³-hybridized carbons (Fsp3) is 0.316. The van der Waals surface area contributed by atoms with Gasteiger partial charge in [-0.2, -0.15) is 0 Å². The van der Waals surface area contributed by atoms with Crippen LogP contribution in [0.3, 0.4) is 0 Å². The molecule has 1 unspecified atom stereocenters. The zero-order chi connectivity index (χ0) is 17.5. The minimum absolute atomic E-state index is 0.166. The Kier molecular flexibility index (Phi) is 5.74. The molecule has 0 aromatic heterocycles. The van der Waals surface area contributed by atoms with Gasteiger partial charge in [0.2, 0.25) is 6.79 Å². The summed E-state index contributed by atoms with van der Waals surface area (Å²) in [6, 6.07) is 15.4. The van der Waals surface area contributed by atoms with E-state index in [0.717, 1.165) is 29.0 Å². The molecule has 0 bridgehead atoms. The molecule has 2 aromatic rings. The highest BCUT2D eigenvalue weighted by Gasteiger charge is 2.14. The summed E-state index contributed by atoms with van der Waals surface area (Å²) in [4.78, 5) is 11.9. The summed E-state index contributed by atoms with van der Waals surface area (Å²) in [5.41, 5.74) is 2.12. The molecular formula is C19H22N2O4. The van der Waals surface area contributed by atoms with Crippen molar-refractivity contribution in [2.45, 2.75) is 12.5 Å². The van der Waals surface area contributed by atoms with Crippen LogP contribution in [0.25, 0.3) is 0 Å². The van der Waals surface area contributed by atoms with Gasteiger partial charge in [-0.1, -0.05) is 36.4 Å². The molecule has 2 N–H and O–H groups in total. The lowest BCUT2D eigenvalue weighted by Gasteiger charge is -2.16. The van der Waals surface area contributed by atoms with Gasteiger partial charge >= 0.3 is 6.03 Å². The Balaban J connectivity index is 1.40. The quantitative estimate of drug-likeness (QED) is 0.812. The van der Waals surface area contributed by atoms with E-state index in [2.05, 4.69) is 10.6 Å². The third kappa shape index (κ3) is 4.64. The Morgan fingerprint density at radius 1 is 1.12 bits per heavy atom. The van der Waals surface area contributed by atoms with Gasteiger partial charge in [-0.25, -0.2) is 4.79 Å². The van der Waals surface area contributed by atoms with E-state index in [0.29, 0.717) is 13.1 Å². The van der Waals surface area contributed by atoms with Crippen LogP contribution in [0, 0.1) is 0 Å². The molecule has 6 heteroatoms. The number of amides is 2. The van der Waals surface area contributed by atoms with E-state index in [4.69, 9.17) is 14.2 Å². The van der Waals surface area contributed by atoms with Crippen molar-refractivity contribution in [1.29, 1.82) is 0 Å². The van der Waals surface area contributed by atoms with Crippen molar-refractivity contribution in [3.8, 4) is 11.5 Å². The molecule has 0 radical (unpaired) electrons. The number of methoxy groups -OCH3 is 1. The van der Waals surface area contributed by atoms with Crippen LogP contribution in [-0.4, -0.2) is 33.0 Å². The number of rotatable bonds is 7. The van der Waals surface area contributed by atoms with E-state index in [1.54, 1.807) is 7.11 Å². The van der Waals surface area contributed by atoms with E-state index < -0.39 is 0 Å². The number of ether oxygens (including phenoxy) is 3. The molecule has 132 valence electrons. The molecular weight excluding hydrogens is 320 g/mol. The van der Waals surface area contributed by atoms with Crippen LogP contribution in [-0.2, 0) is 11.2 Å². The van der Waals surface area contributed by atoms with Crippen LogP contribution in [0.4, 0.5) is 4.79 Å². The summed E-state index contributed by atoms with van der Waals surface area (Å²) < 4.78 is 16.1. The molecule has 0 spiro atoms. The highest BCUT2D eigenvalue weighted by Crippen LogP contribution is 2.32. The zero-order valence-electron chi connectivity index (χ0n) is 14.2. The summed E-state index contributed by atoms with van der Waals surface area (Å²) in [7, 11) is 1.64. The van der Waals surface area contributed by atoms with Gasteiger partial charge in [0.15, 0.2) is 11.5 Å². The summed E-state index contributed by atoms with van der Waals surface area (Å²) in [5.74, 6) is 1.52. The Morgan fingerprint density at radius 3 is 2.72 bits per heavy atom. The number of urea groups is 1. The van der Waals surface area contributed by atoms with Crippen molar-refractivity contribution in [2.75, 3.05) is 27.0 Å². The lowest BCUT2D eigenvalue weighted by Crippen LogP contribution is -2.39. The molecule has 0 saturated carbocycles. The Hall–Kier alpha value is -2.73. The fourth-order valence-corrected chi connectivity index (χ4v) is 2.67. The van der Waals surface area contributed by atoms with E-state index in [-0.39, 0.29) is 18.9 Å². The summed E-state index contributed by atoms with van der Waals surface area (Å²) in [5, 5.41) is 5.69.